The number of dihydropyridines is 1. The van der Waals surface area contributed by atoms with Crippen molar-refractivity contribution in [3.63, 3.8) is 0 Å². The molecule has 8 aromatic rings. The molecule has 0 fully saturated rings. The molecule has 0 spiro atoms. The average molecular weight is 772 g/mol. The van der Waals surface area contributed by atoms with Crippen LogP contribution in [0.25, 0.3) is 39.2 Å². The second kappa shape index (κ2) is 16.8. The zero-order valence-corrected chi connectivity index (χ0v) is 33.2. The first-order chi connectivity index (χ1) is 29.8. The Hall–Kier alpha value is -7.46. The summed E-state index contributed by atoms with van der Waals surface area (Å²) in [5, 5.41) is 12.0. The summed E-state index contributed by atoms with van der Waals surface area (Å²) >= 11 is 0. The smallest absolute Gasteiger partial charge is 0.104 e. The maximum atomic E-state index is 4.10. The molecule has 60 heavy (non-hydrogen) atoms. The van der Waals surface area contributed by atoms with Crippen molar-refractivity contribution >= 4 is 28.1 Å². The van der Waals surface area contributed by atoms with Crippen molar-refractivity contribution in [2.75, 3.05) is 0 Å². The van der Waals surface area contributed by atoms with E-state index in [-0.39, 0.29) is 18.2 Å². The lowest BCUT2D eigenvalue weighted by Crippen LogP contribution is -2.39. The maximum absolute atomic E-state index is 4.10. The average Bonchev–Trinajstić information content (AvgIpc) is 3.35. The first kappa shape index (κ1) is 36.9. The normalized spacial score (nSPS) is 17.7. The molecule has 3 nitrogen and oxygen atoms in total. The molecular formula is C57H45N3. The van der Waals surface area contributed by atoms with Crippen LogP contribution in [0.15, 0.2) is 237 Å². The molecule has 2 aliphatic heterocycles. The molecule has 2 heterocycles. The van der Waals surface area contributed by atoms with Gasteiger partial charge in [0.15, 0.2) is 0 Å². The summed E-state index contributed by atoms with van der Waals surface area (Å²) in [6.45, 7) is 0. The molecule has 0 radical (unpaired) electrons. The van der Waals surface area contributed by atoms with Crippen LogP contribution in [0.2, 0.25) is 0 Å². The first-order valence-electron chi connectivity index (χ1n) is 20.8. The Morgan fingerprint density at radius 2 is 0.817 bits per heavy atom. The lowest BCUT2D eigenvalue weighted by Gasteiger charge is -2.36. The summed E-state index contributed by atoms with van der Waals surface area (Å²) in [4.78, 5) is 0. The van der Waals surface area contributed by atoms with E-state index in [2.05, 4.69) is 253 Å². The Bertz CT molecular complexity index is 2800. The van der Waals surface area contributed by atoms with Crippen LogP contribution in [0, 0.1) is 0 Å². The zero-order chi connectivity index (χ0) is 40.1. The molecule has 8 aromatic carbocycles. The molecule has 288 valence electrons. The molecular weight excluding hydrogens is 727 g/mol. The summed E-state index contributed by atoms with van der Waals surface area (Å²) in [6.07, 6.45) is 2.18. The third-order valence-corrected chi connectivity index (χ3v) is 11.7. The Kier molecular flexibility index (Phi) is 10.3. The van der Waals surface area contributed by atoms with Crippen molar-refractivity contribution in [3.8, 4) is 11.1 Å². The summed E-state index contributed by atoms with van der Waals surface area (Å²) in [6, 6.07) is 82.6. The third kappa shape index (κ3) is 7.39. The lowest BCUT2D eigenvalue weighted by molar-refractivity contribution is 0.443. The van der Waals surface area contributed by atoms with Crippen molar-refractivity contribution in [3.05, 3.63) is 281 Å². The summed E-state index contributed by atoms with van der Waals surface area (Å²) in [5.74, 6) is 0. The molecule has 0 saturated heterocycles. The maximum Gasteiger partial charge on any atom is 0.104 e. The van der Waals surface area contributed by atoms with Crippen LogP contribution in [-0.4, -0.2) is 0 Å². The molecule has 3 heteroatoms. The third-order valence-electron chi connectivity index (χ3n) is 11.7. The van der Waals surface area contributed by atoms with E-state index in [1.54, 1.807) is 0 Å². The van der Waals surface area contributed by atoms with E-state index in [1.165, 1.54) is 44.5 Å². The van der Waals surface area contributed by atoms with Gasteiger partial charge in [0.2, 0.25) is 0 Å². The number of rotatable bonds is 9. The van der Waals surface area contributed by atoms with Gasteiger partial charge < -0.3 is 10.6 Å². The quantitative estimate of drug-likeness (QED) is 0.137. The second-order valence-corrected chi connectivity index (χ2v) is 15.4. The van der Waals surface area contributed by atoms with Gasteiger partial charge in [-0.05, 0) is 72.9 Å². The van der Waals surface area contributed by atoms with Crippen molar-refractivity contribution in [2.45, 2.75) is 18.2 Å². The molecule has 3 atom stereocenters. The van der Waals surface area contributed by atoms with E-state index < -0.39 is 0 Å². The van der Waals surface area contributed by atoms with Gasteiger partial charge in [-0.3, -0.25) is 5.32 Å². The van der Waals surface area contributed by atoms with E-state index in [9.17, 15) is 0 Å². The predicted octanol–water partition coefficient (Wildman–Crippen LogP) is 13.2. The fourth-order valence-electron chi connectivity index (χ4n) is 8.83. The predicted molar refractivity (Wildman–Crippen MR) is 250 cm³/mol. The van der Waals surface area contributed by atoms with Gasteiger partial charge in [0.05, 0.1) is 17.8 Å². The molecule has 0 aromatic heterocycles. The largest absolute Gasteiger partial charge is 0.373 e. The van der Waals surface area contributed by atoms with Gasteiger partial charge in [-0.2, -0.15) is 0 Å². The van der Waals surface area contributed by atoms with Gasteiger partial charge in [0, 0.05) is 11.3 Å². The molecule has 0 bridgehead atoms. The van der Waals surface area contributed by atoms with Crippen LogP contribution >= 0.6 is 0 Å². The SMILES string of the molecule is C1=C(c2ccccc2)NC(c2ccc(C3=C(c4ccccc4)C(c4ccccc4)NC(c4ccccc4)=C3c3ccccc3)cc2)NC1c1ccccc1-c1ccccc1. The van der Waals surface area contributed by atoms with Gasteiger partial charge >= 0.3 is 0 Å². The van der Waals surface area contributed by atoms with Crippen LogP contribution in [0.4, 0.5) is 0 Å². The van der Waals surface area contributed by atoms with Crippen LogP contribution in [0.5, 0.6) is 0 Å². The summed E-state index contributed by atoms with van der Waals surface area (Å²) in [7, 11) is 0. The van der Waals surface area contributed by atoms with Gasteiger partial charge in [-0.25, -0.2) is 0 Å². The molecule has 10 rings (SSSR count). The van der Waals surface area contributed by atoms with E-state index in [1.807, 2.05) is 0 Å². The number of allylic oxidation sites excluding steroid dienone is 2. The Balaban J connectivity index is 1.13. The van der Waals surface area contributed by atoms with Crippen molar-refractivity contribution in [2.24, 2.45) is 0 Å². The Morgan fingerprint density at radius 3 is 1.43 bits per heavy atom. The monoisotopic (exact) mass is 771 g/mol. The topological polar surface area (TPSA) is 36.1 Å². The Morgan fingerprint density at radius 1 is 0.333 bits per heavy atom. The van der Waals surface area contributed by atoms with E-state index in [0.29, 0.717) is 0 Å². The standard InChI is InChI=1S/C57H45N3/c1-7-21-40(22-8-1)48-33-19-20-34-49(48)51-39-50(41-23-9-2-10-24-41)58-57(59-51)47-37-35-44(36-38-47)52-53(42-25-11-3-12-26-42)55(45-29-15-5-16-30-45)60-56(46-31-17-6-18-32-46)54(52)43-27-13-4-14-28-43/h1-39,51,55,57-60H. The zero-order valence-electron chi connectivity index (χ0n) is 33.2. The highest BCUT2D eigenvalue weighted by Crippen LogP contribution is 2.50. The number of hydrogen-bond donors (Lipinski definition) is 3. The van der Waals surface area contributed by atoms with Crippen LogP contribution in [0.1, 0.15) is 62.8 Å². The molecule has 0 aliphatic carbocycles. The van der Waals surface area contributed by atoms with Crippen LogP contribution in [-0.2, 0) is 0 Å². The first-order valence-corrected chi connectivity index (χ1v) is 20.8. The fourth-order valence-corrected chi connectivity index (χ4v) is 8.83. The van der Waals surface area contributed by atoms with Gasteiger partial charge in [0.1, 0.15) is 6.17 Å². The van der Waals surface area contributed by atoms with E-state index in [4.69, 9.17) is 0 Å². The number of benzene rings is 8. The summed E-state index contributed by atoms with van der Waals surface area (Å²) in [5.41, 5.74) is 17.7. The van der Waals surface area contributed by atoms with Crippen molar-refractivity contribution in [1.82, 2.24) is 16.0 Å². The Labute approximate surface area is 353 Å². The molecule has 3 unspecified atom stereocenters. The number of hydrogen-bond acceptors (Lipinski definition) is 3. The van der Waals surface area contributed by atoms with Crippen molar-refractivity contribution in [1.29, 1.82) is 0 Å². The molecule has 0 saturated carbocycles. The molecule has 2 aliphatic rings. The van der Waals surface area contributed by atoms with Gasteiger partial charge in [0.25, 0.3) is 0 Å². The number of nitrogens with one attached hydrogen (secondary N) is 3. The van der Waals surface area contributed by atoms with Gasteiger partial charge in [-0.1, -0.05) is 231 Å². The minimum atomic E-state index is -0.148. The van der Waals surface area contributed by atoms with E-state index >= 15 is 0 Å². The van der Waals surface area contributed by atoms with E-state index in [0.717, 1.165) is 39.2 Å². The molecule has 0 amide bonds. The van der Waals surface area contributed by atoms with Gasteiger partial charge in [-0.15, -0.1) is 0 Å². The second-order valence-electron chi connectivity index (χ2n) is 15.4. The highest BCUT2D eigenvalue weighted by molar-refractivity contribution is 6.23. The van der Waals surface area contributed by atoms with Crippen LogP contribution in [0.3, 0.4) is 0 Å². The lowest BCUT2D eigenvalue weighted by atomic mass is 9.77. The summed E-state index contributed by atoms with van der Waals surface area (Å²) < 4.78 is 0. The fraction of sp³-hybridized carbons (Fsp3) is 0.0526. The molecule has 3 N–H and O–H groups in total. The highest BCUT2D eigenvalue weighted by Gasteiger charge is 2.33. The minimum Gasteiger partial charge on any atom is -0.373 e. The van der Waals surface area contributed by atoms with Crippen molar-refractivity contribution < 1.29 is 0 Å². The van der Waals surface area contributed by atoms with Crippen LogP contribution < -0.4 is 16.0 Å². The highest BCUT2D eigenvalue weighted by atomic mass is 15.2. The minimum absolute atomic E-state index is 0.0352.